The first-order valence-electron chi connectivity index (χ1n) is 10.6. The van der Waals surface area contributed by atoms with Gasteiger partial charge in [0, 0.05) is 37.2 Å². The van der Waals surface area contributed by atoms with Crippen LogP contribution in [0, 0.1) is 23.5 Å². The van der Waals surface area contributed by atoms with Gasteiger partial charge < -0.3 is 4.90 Å². The summed E-state index contributed by atoms with van der Waals surface area (Å²) in [6.45, 7) is 3.92. The number of nitrogens with zero attached hydrogens (tertiary/aromatic N) is 2. The topological polar surface area (TPSA) is 23.6 Å². The third-order valence-corrected chi connectivity index (χ3v) is 6.63. The predicted octanol–water partition coefficient (Wildman–Crippen LogP) is 4.01. The molecule has 0 spiro atoms. The van der Waals surface area contributed by atoms with Crippen LogP contribution in [0.2, 0.25) is 0 Å². The highest BCUT2D eigenvalue weighted by Crippen LogP contribution is 2.33. The Morgan fingerprint density at radius 2 is 1.70 bits per heavy atom. The molecule has 27 heavy (non-hydrogen) atoms. The Morgan fingerprint density at radius 1 is 1.00 bits per heavy atom. The van der Waals surface area contributed by atoms with Gasteiger partial charge in [0.1, 0.15) is 11.6 Å². The lowest BCUT2D eigenvalue weighted by Gasteiger charge is -2.42. The number of likely N-dealkylation sites (tertiary alicyclic amines) is 2. The molecule has 1 unspecified atom stereocenters. The summed E-state index contributed by atoms with van der Waals surface area (Å²) >= 11 is 0. The zero-order valence-corrected chi connectivity index (χ0v) is 16.0. The number of rotatable bonds is 5. The van der Waals surface area contributed by atoms with Crippen LogP contribution in [-0.2, 0) is 11.2 Å². The lowest BCUT2D eigenvalue weighted by molar-refractivity contribution is -0.134. The number of hydrogen-bond donors (Lipinski definition) is 0. The zero-order chi connectivity index (χ0) is 18.8. The van der Waals surface area contributed by atoms with Crippen molar-refractivity contribution >= 4 is 5.91 Å². The van der Waals surface area contributed by atoms with Gasteiger partial charge in [0.15, 0.2) is 0 Å². The largest absolute Gasteiger partial charge is 0.342 e. The van der Waals surface area contributed by atoms with Gasteiger partial charge >= 0.3 is 0 Å². The van der Waals surface area contributed by atoms with Gasteiger partial charge in [-0.05, 0) is 76.0 Å². The van der Waals surface area contributed by atoms with E-state index in [1.54, 1.807) is 0 Å². The summed E-state index contributed by atoms with van der Waals surface area (Å²) in [7, 11) is 0. The fraction of sp³-hybridized carbons (Fsp3) is 0.682. The van der Waals surface area contributed by atoms with Gasteiger partial charge in [0.2, 0.25) is 5.91 Å². The maximum atomic E-state index is 13.9. The van der Waals surface area contributed by atoms with E-state index in [1.165, 1.54) is 18.2 Å². The van der Waals surface area contributed by atoms with E-state index in [0.29, 0.717) is 30.2 Å². The second kappa shape index (κ2) is 8.26. The molecule has 2 heterocycles. The van der Waals surface area contributed by atoms with E-state index >= 15 is 0 Å². The minimum absolute atomic E-state index is 0.238. The summed E-state index contributed by atoms with van der Waals surface area (Å²) in [4.78, 5) is 16.9. The van der Waals surface area contributed by atoms with Crippen LogP contribution < -0.4 is 0 Å². The summed E-state index contributed by atoms with van der Waals surface area (Å²) in [5, 5.41) is 0. The molecule has 0 bridgehead atoms. The second-order valence-electron chi connectivity index (χ2n) is 8.57. The molecular weight excluding hydrogens is 346 g/mol. The van der Waals surface area contributed by atoms with Crippen LogP contribution in [0.1, 0.15) is 50.5 Å². The fourth-order valence-corrected chi connectivity index (χ4v) is 4.82. The third-order valence-electron chi connectivity index (χ3n) is 6.63. The Labute approximate surface area is 160 Å². The minimum atomic E-state index is -0.421. The number of hydrogen-bond acceptors (Lipinski definition) is 2. The van der Waals surface area contributed by atoms with Crippen LogP contribution in [0.15, 0.2) is 18.2 Å². The molecule has 4 rings (SSSR count). The highest BCUT2D eigenvalue weighted by atomic mass is 19.1. The number of carbonyl (C=O) groups excluding carboxylic acids is 1. The maximum absolute atomic E-state index is 13.9. The fourth-order valence-electron chi connectivity index (χ4n) is 4.82. The molecule has 148 valence electrons. The van der Waals surface area contributed by atoms with E-state index in [0.717, 1.165) is 71.1 Å². The van der Waals surface area contributed by atoms with Gasteiger partial charge in [-0.2, -0.15) is 0 Å². The normalized spacial score (nSPS) is 25.0. The van der Waals surface area contributed by atoms with Gasteiger partial charge in [0.05, 0.1) is 0 Å². The molecule has 3 fully saturated rings. The molecular formula is C22H30F2N2O. The van der Waals surface area contributed by atoms with E-state index in [9.17, 15) is 13.6 Å². The number of halogens is 2. The Balaban J connectivity index is 1.26. The van der Waals surface area contributed by atoms with Crippen LogP contribution in [0.4, 0.5) is 8.78 Å². The van der Waals surface area contributed by atoms with Gasteiger partial charge in [0.25, 0.3) is 0 Å². The highest BCUT2D eigenvalue weighted by Gasteiger charge is 2.36. The zero-order valence-electron chi connectivity index (χ0n) is 16.0. The van der Waals surface area contributed by atoms with Gasteiger partial charge in [-0.15, -0.1) is 0 Å². The van der Waals surface area contributed by atoms with Gasteiger partial charge in [-0.25, -0.2) is 8.78 Å². The average Bonchev–Trinajstić information content (AvgIpc) is 3.53. The van der Waals surface area contributed by atoms with Crippen molar-refractivity contribution in [1.29, 1.82) is 0 Å². The summed E-state index contributed by atoms with van der Waals surface area (Å²) in [6, 6.07) is 4.68. The summed E-state index contributed by atoms with van der Waals surface area (Å²) in [5.74, 6) is 0.353. The van der Waals surface area contributed by atoms with Crippen molar-refractivity contribution in [1.82, 2.24) is 9.80 Å². The van der Waals surface area contributed by atoms with Crippen molar-refractivity contribution in [2.24, 2.45) is 11.8 Å². The number of amides is 1. The van der Waals surface area contributed by atoms with E-state index in [1.807, 2.05) is 0 Å². The SMILES string of the molecule is O=C(C1CC1)N1CCC(N2CCCC(CCc3c(F)cccc3F)C2)CC1. The van der Waals surface area contributed by atoms with Crippen molar-refractivity contribution in [3.8, 4) is 0 Å². The lowest BCUT2D eigenvalue weighted by Crippen LogP contribution is -2.50. The molecule has 1 atom stereocenters. The number of carbonyl (C=O) groups is 1. The van der Waals surface area contributed by atoms with Gasteiger partial charge in [-0.1, -0.05) is 6.07 Å². The number of benzene rings is 1. The Morgan fingerprint density at radius 3 is 2.37 bits per heavy atom. The van der Waals surface area contributed by atoms with Crippen LogP contribution in [0.3, 0.4) is 0 Å². The molecule has 2 aliphatic heterocycles. The third kappa shape index (κ3) is 4.50. The quantitative estimate of drug-likeness (QED) is 0.775. The molecule has 0 radical (unpaired) electrons. The molecule has 0 N–H and O–H groups in total. The molecule has 1 aliphatic carbocycles. The van der Waals surface area contributed by atoms with Gasteiger partial charge in [-0.3, -0.25) is 9.69 Å². The molecule has 1 saturated carbocycles. The summed E-state index contributed by atoms with van der Waals surface area (Å²) in [5.41, 5.74) is 0.238. The van der Waals surface area contributed by atoms with E-state index in [4.69, 9.17) is 0 Å². The first-order chi connectivity index (χ1) is 13.1. The predicted molar refractivity (Wildman–Crippen MR) is 101 cm³/mol. The monoisotopic (exact) mass is 376 g/mol. The Hall–Kier alpha value is -1.49. The van der Waals surface area contributed by atoms with Crippen molar-refractivity contribution in [3.05, 3.63) is 35.4 Å². The van der Waals surface area contributed by atoms with E-state index < -0.39 is 11.6 Å². The minimum Gasteiger partial charge on any atom is -0.342 e. The molecule has 1 amide bonds. The smallest absolute Gasteiger partial charge is 0.225 e. The molecule has 0 aromatic heterocycles. The molecule has 5 heteroatoms. The molecule has 1 aromatic carbocycles. The molecule has 3 aliphatic rings. The van der Waals surface area contributed by atoms with E-state index in [2.05, 4.69) is 9.80 Å². The summed E-state index contributed by atoms with van der Waals surface area (Å²) < 4.78 is 27.7. The van der Waals surface area contributed by atoms with E-state index in [-0.39, 0.29) is 5.56 Å². The maximum Gasteiger partial charge on any atom is 0.225 e. The molecule has 1 aromatic rings. The van der Waals surface area contributed by atoms with Crippen molar-refractivity contribution < 1.29 is 13.6 Å². The van der Waals surface area contributed by atoms with Crippen molar-refractivity contribution in [2.45, 2.75) is 57.4 Å². The van der Waals surface area contributed by atoms with Crippen LogP contribution in [0.5, 0.6) is 0 Å². The standard InChI is InChI=1S/C22H30F2N2O/c23-20-4-1-5-21(24)19(20)9-6-16-3-2-12-26(15-16)18-10-13-25(14-11-18)22(27)17-7-8-17/h1,4-5,16-18H,2-3,6-15H2. The first-order valence-corrected chi connectivity index (χ1v) is 10.6. The lowest BCUT2D eigenvalue weighted by atomic mass is 9.89. The Kier molecular flexibility index (Phi) is 5.76. The second-order valence-corrected chi connectivity index (χ2v) is 8.57. The van der Waals surface area contributed by atoms with Crippen LogP contribution >= 0.6 is 0 Å². The van der Waals surface area contributed by atoms with Crippen molar-refractivity contribution in [2.75, 3.05) is 26.2 Å². The van der Waals surface area contributed by atoms with Crippen LogP contribution in [0.25, 0.3) is 0 Å². The molecule has 3 nitrogen and oxygen atoms in total. The highest BCUT2D eigenvalue weighted by molar-refractivity contribution is 5.81. The van der Waals surface area contributed by atoms with Crippen LogP contribution in [-0.4, -0.2) is 47.9 Å². The summed E-state index contributed by atoms with van der Waals surface area (Å²) in [6.07, 6.45) is 7.90. The molecule has 2 saturated heterocycles. The average molecular weight is 376 g/mol. The van der Waals surface area contributed by atoms with Crippen molar-refractivity contribution in [3.63, 3.8) is 0 Å². The number of piperidine rings is 2. The first kappa shape index (κ1) is 18.9. The Bertz CT molecular complexity index is 648.